The number of carbonyl (C=O) groups is 1. The summed E-state index contributed by atoms with van der Waals surface area (Å²) in [6.07, 6.45) is -2.71. The molecule has 0 spiro atoms. The molecule has 0 radical (unpaired) electrons. The van der Waals surface area contributed by atoms with Crippen molar-refractivity contribution in [2.75, 3.05) is 26.2 Å². The van der Waals surface area contributed by atoms with E-state index in [0.29, 0.717) is 42.9 Å². The van der Waals surface area contributed by atoms with Crippen molar-refractivity contribution >= 4 is 12.0 Å². The van der Waals surface area contributed by atoms with Crippen LogP contribution in [0.1, 0.15) is 38.2 Å². The van der Waals surface area contributed by atoms with Crippen LogP contribution in [0.3, 0.4) is 0 Å². The number of phenolic OH excluding ortho intramolecular Hbond substituents is 1. The lowest BCUT2D eigenvalue weighted by Gasteiger charge is -2.41. The molecule has 0 bridgehead atoms. The summed E-state index contributed by atoms with van der Waals surface area (Å²) in [5.74, 6) is -0.862. The zero-order chi connectivity index (χ0) is 29.1. The molecule has 5 nitrogen and oxygen atoms in total. The Hall–Kier alpha value is -3.86. The van der Waals surface area contributed by atoms with Crippen LogP contribution in [0.2, 0.25) is 0 Å². The summed E-state index contributed by atoms with van der Waals surface area (Å²) in [5.41, 5.74) is -1.53. The highest BCUT2D eigenvalue weighted by atomic mass is 19.4. The lowest BCUT2D eigenvalue weighted by atomic mass is 9.98. The van der Waals surface area contributed by atoms with Crippen LogP contribution in [0.15, 0.2) is 67.0 Å². The number of carbonyl (C=O) groups excluding carboxylic acids is 1. The molecular weight excluding hydrogens is 536 g/mol. The lowest BCUT2D eigenvalue weighted by Crippen LogP contribution is -2.56. The SMILES string of the molecule is Cc1ccc(C[C@@H]2CN(C/C=C/c3cccnc3)CCN2C(=O)c2cc(C(F)(F)F)cc(C(F)(F)F)c2)cc1O. The summed E-state index contributed by atoms with van der Waals surface area (Å²) in [4.78, 5) is 20.9. The second-order valence-corrected chi connectivity index (χ2v) is 9.72. The maximum Gasteiger partial charge on any atom is 0.416 e. The molecule has 40 heavy (non-hydrogen) atoms. The van der Waals surface area contributed by atoms with Crippen molar-refractivity contribution in [2.24, 2.45) is 0 Å². The monoisotopic (exact) mass is 563 g/mol. The Morgan fingerprint density at radius 2 is 1.73 bits per heavy atom. The molecule has 1 fully saturated rings. The van der Waals surface area contributed by atoms with Crippen molar-refractivity contribution in [3.8, 4) is 5.75 Å². The Morgan fingerprint density at radius 3 is 2.33 bits per heavy atom. The number of nitrogens with zero attached hydrogens (tertiary/aromatic N) is 3. The number of hydrogen-bond acceptors (Lipinski definition) is 4. The molecule has 0 saturated carbocycles. The number of halogens is 6. The third kappa shape index (κ3) is 7.20. The number of alkyl halides is 6. The minimum atomic E-state index is -5.06. The van der Waals surface area contributed by atoms with Gasteiger partial charge in [-0.3, -0.25) is 14.7 Å². The van der Waals surface area contributed by atoms with Gasteiger partial charge in [-0.1, -0.05) is 30.4 Å². The van der Waals surface area contributed by atoms with Crippen LogP contribution in [0.5, 0.6) is 5.75 Å². The number of rotatable bonds is 6. The number of aryl methyl sites for hydroxylation is 1. The molecule has 212 valence electrons. The number of aromatic nitrogens is 1. The van der Waals surface area contributed by atoms with E-state index in [1.807, 2.05) is 23.1 Å². The van der Waals surface area contributed by atoms with E-state index in [1.54, 1.807) is 43.6 Å². The predicted octanol–water partition coefficient (Wildman–Crippen LogP) is 6.22. The molecule has 4 rings (SSSR count). The van der Waals surface area contributed by atoms with E-state index in [-0.39, 0.29) is 24.8 Å². The van der Waals surface area contributed by atoms with Gasteiger partial charge in [-0.05, 0) is 60.4 Å². The van der Waals surface area contributed by atoms with Gasteiger partial charge in [-0.2, -0.15) is 26.3 Å². The van der Waals surface area contributed by atoms with Gasteiger partial charge in [0.15, 0.2) is 0 Å². The minimum absolute atomic E-state index is 0.00979. The summed E-state index contributed by atoms with van der Waals surface area (Å²) >= 11 is 0. The van der Waals surface area contributed by atoms with E-state index in [9.17, 15) is 36.2 Å². The number of hydrogen-bond donors (Lipinski definition) is 1. The molecule has 1 saturated heterocycles. The van der Waals surface area contributed by atoms with Gasteiger partial charge < -0.3 is 10.0 Å². The van der Waals surface area contributed by atoms with Gasteiger partial charge in [0, 0.05) is 50.2 Å². The summed E-state index contributed by atoms with van der Waals surface area (Å²) in [6, 6.07) is 9.08. The summed E-state index contributed by atoms with van der Waals surface area (Å²) < 4.78 is 80.6. The van der Waals surface area contributed by atoms with Gasteiger partial charge in [-0.25, -0.2) is 0 Å². The molecule has 1 aliphatic heterocycles. The topological polar surface area (TPSA) is 56.7 Å². The third-order valence-corrected chi connectivity index (χ3v) is 6.77. The largest absolute Gasteiger partial charge is 0.508 e. The predicted molar refractivity (Wildman–Crippen MR) is 138 cm³/mol. The molecule has 2 heterocycles. The van der Waals surface area contributed by atoms with Crippen LogP contribution >= 0.6 is 0 Å². The van der Waals surface area contributed by atoms with E-state index >= 15 is 0 Å². The Labute approximate surface area is 227 Å². The Bertz CT molecular complexity index is 1340. The first-order valence-corrected chi connectivity index (χ1v) is 12.5. The molecular formula is C29H27F6N3O2. The van der Waals surface area contributed by atoms with Crippen LogP contribution in [0.4, 0.5) is 26.3 Å². The van der Waals surface area contributed by atoms with Crippen molar-refractivity contribution in [2.45, 2.75) is 31.7 Å². The van der Waals surface area contributed by atoms with Crippen LogP contribution in [-0.4, -0.2) is 58.0 Å². The molecule has 3 aromatic rings. The number of benzene rings is 2. The number of pyridine rings is 1. The van der Waals surface area contributed by atoms with Crippen LogP contribution < -0.4 is 0 Å². The summed E-state index contributed by atoms with van der Waals surface area (Å²) in [5, 5.41) is 10.2. The smallest absolute Gasteiger partial charge is 0.416 e. The fraction of sp³-hybridized carbons (Fsp3) is 0.310. The number of amides is 1. The molecule has 0 unspecified atom stereocenters. The molecule has 11 heteroatoms. The van der Waals surface area contributed by atoms with E-state index in [0.717, 1.165) is 5.56 Å². The van der Waals surface area contributed by atoms with Crippen molar-refractivity contribution < 1.29 is 36.2 Å². The zero-order valence-electron chi connectivity index (χ0n) is 21.5. The third-order valence-electron chi connectivity index (χ3n) is 6.77. The second-order valence-electron chi connectivity index (χ2n) is 9.72. The van der Waals surface area contributed by atoms with Crippen molar-refractivity contribution in [1.82, 2.24) is 14.8 Å². The van der Waals surface area contributed by atoms with Crippen molar-refractivity contribution in [3.63, 3.8) is 0 Å². The molecule has 1 aromatic heterocycles. The number of piperazine rings is 1. The molecule has 1 amide bonds. The fourth-order valence-corrected chi connectivity index (χ4v) is 4.64. The molecule has 1 atom stereocenters. The van der Waals surface area contributed by atoms with Gasteiger partial charge >= 0.3 is 12.4 Å². The highest BCUT2D eigenvalue weighted by Gasteiger charge is 2.39. The quantitative estimate of drug-likeness (QED) is 0.362. The highest BCUT2D eigenvalue weighted by molar-refractivity contribution is 5.95. The van der Waals surface area contributed by atoms with Gasteiger partial charge in [0.25, 0.3) is 5.91 Å². The fourth-order valence-electron chi connectivity index (χ4n) is 4.64. The van der Waals surface area contributed by atoms with E-state index in [2.05, 4.69) is 4.98 Å². The normalized spacial score (nSPS) is 17.0. The highest BCUT2D eigenvalue weighted by Crippen LogP contribution is 2.37. The Kier molecular flexibility index (Phi) is 8.53. The summed E-state index contributed by atoms with van der Waals surface area (Å²) in [6.45, 7) is 3.01. The van der Waals surface area contributed by atoms with Crippen LogP contribution in [0.25, 0.3) is 6.08 Å². The van der Waals surface area contributed by atoms with E-state index < -0.39 is 41.0 Å². The molecule has 1 N–H and O–H groups in total. The molecule has 1 aliphatic rings. The Balaban J connectivity index is 1.62. The van der Waals surface area contributed by atoms with E-state index in [1.165, 1.54) is 4.90 Å². The first-order valence-electron chi connectivity index (χ1n) is 12.5. The average Bonchev–Trinajstić information content (AvgIpc) is 2.90. The van der Waals surface area contributed by atoms with Crippen LogP contribution in [0, 0.1) is 6.92 Å². The maximum absolute atomic E-state index is 13.5. The van der Waals surface area contributed by atoms with Gasteiger partial charge in [0.1, 0.15) is 5.75 Å². The second kappa shape index (κ2) is 11.7. The number of aromatic hydroxyl groups is 1. The molecule has 0 aliphatic carbocycles. The Morgan fingerprint density at radius 1 is 1.02 bits per heavy atom. The first-order chi connectivity index (χ1) is 18.8. The standard InChI is InChI=1S/C29H27F6N3O2/c1-19-6-7-21(13-26(19)39)12-25-18-37(9-3-5-20-4-2-8-36-17-20)10-11-38(25)27(40)22-14-23(28(30,31)32)16-24(15-22)29(33,34)35/h2-8,13-17,25,39H,9-12,18H2,1H3/b5-3+/t25-/m1/s1. The van der Waals surface area contributed by atoms with Crippen molar-refractivity contribution in [3.05, 3.63) is 100 Å². The maximum atomic E-state index is 13.5. The van der Waals surface area contributed by atoms with Gasteiger partial charge in [0.2, 0.25) is 0 Å². The van der Waals surface area contributed by atoms with Gasteiger partial charge in [-0.15, -0.1) is 0 Å². The lowest BCUT2D eigenvalue weighted by molar-refractivity contribution is -0.143. The average molecular weight is 564 g/mol. The van der Waals surface area contributed by atoms with E-state index in [4.69, 9.17) is 0 Å². The summed E-state index contributed by atoms with van der Waals surface area (Å²) in [7, 11) is 0. The van der Waals surface area contributed by atoms with Crippen molar-refractivity contribution in [1.29, 1.82) is 0 Å². The zero-order valence-corrected chi connectivity index (χ0v) is 21.5. The first kappa shape index (κ1) is 29.1. The van der Waals surface area contributed by atoms with Gasteiger partial charge in [0.05, 0.1) is 11.1 Å². The molecule has 2 aromatic carbocycles. The minimum Gasteiger partial charge on any atom is -0.508 e. The van der Waals surface area contributed by atoms with Crippen LogP contribution in [-0.2, 0) is 18.8 Å². The number of phenols is 1.